The molecule has 0 fully saturated rings. The van der Waals surface area contributed by atoms with Gasteiger partial charge in [-0.15, -0.1) is 0 Å². The SMILES string of the molecule is CC(C)SCCN=C(N)NC1CCOc2ccccc21. The van der Waals surface area contributed by atoms with Gasteiger partial charge in [0.2, 0.25) is 0 Å². The molecule has 1 unspecified atom stereocenters. The fourth-order valence-electron chi connectivity index (χ4n) is 2.17. The van der Waals surface area contributed by atoms with Crippen LogP contribution in [-0.2, 0) is 0 Å². The Hall–Kier alpha value is -1.36. The van der Waals surface area contributed by atoms with Crippen LogP contribution in [0.5, 0.6) is 5.75 Å². The number of aliphatic imine (C=N–C) groups is 1. The van der Waals surface area contributed by atoms with Crippen LogP contribution < -0.4 is 15.8 Å². The molecule has 0 radical (unpaired) electrons. The third-order valence-corrected chi connectivity index (χ3v) is 4.19. The average Bonchev–Trinajstić information content (AvgIpc) is 2.44. The first kappa shape index (κ1) is 15.0. The molecule has 1 aromatic carbocycles. The number of nitrogens with one attached hydrogen (secondary N) is 1. The molecule has 0 aliphatic carbocycles. The molecule has 0 amide bonds. The number of hydrogen-bond donors (Lipinski definition) is 2. The van der Waals surface area contributed by atoms with E-state index in [9.17, 15) is 0 Å². The first-order chi connectivity index (χ1) is 9.66. The van der Waals surface area contributed by atoms with Gasteiger partial charge >= 0.3 is 0 Å². The molecule has 1 aliphatic heterocycles. The standard InChI is InChI=1S/C15H23N3OS/c1-11(2)20-10-8-17-15(16)18-13-7-9-19-14-6-4-3-5-12(13)14/h3-6,11,13H,7-10H2,1-2H3,(H3,16,17,18). The molecule has 1 atom stereocenters. The molecule has 0 saturated carbocycles. The summed E-state index contributed by atoms with van der Waals surface area (Å²) in [4.78, 5) is 4.38. The van der Waals surface area contributed by atoms with E-state index in [0.29, 0.717) is 17.8 Å². The summed E-state index contributed by atoms with van der Waals surface area (Å²) < 4.78 is 5.64. The first-order valence-electron chi connectivity index (χ1n) is 7.06. The highest BCUT2D eigenvalue weighted by Gasteiger charge is 2.20. The molecule has 0 bridgehead atoms. The van der Waals surface area contributed by atoms with Crippen molar-refractivity contribution in [2.45, 2.75) is 31.6 Å². The fourth-order valence-corrected chi connectivity index (χ4v) is 2.84. The van der Waals surface area contributed by atoms with Crippen LogP contribution >= 0.6 is 11.8 Å². The molecular weight excluding hydrogens is 270 g/mol. The summed E-state index contributed by atoms with van der Waals surface area (Å²) in [5.41, 5.74) is 7.13. The summed E-state index contributed by atoms with van der Waals surface area (Å²) in [5.74, 6) is 2.47. The van der Waals surface area contributed by atoms with Gasteiger partial charge in [0, 0.05) is 17.7 Å². The smallest absolute Gasteiger partial charge is 0.189 e. The van der Waals surface area contributed by atoms with Gasteiger partial charge in [0.05, 0.1) is 19.2 Å². The Morgan fingerprint density at radius 1 is 1.50 bits per heavy atom. The highest BCUT2D eigenvalue weighted by Crippen LogP contribution is 2.31. The van der Waals surface area contributed by atoms with Gasteiger partial charge < -0.3 is 15.8 Å². The van der Waals surface area contributed by atoms with Gasteiger partial charge in [-0.05, 0) is 11.3 Å². The number of nitrogens with two attached hydrogens (primary N) is 1. The highest BCUT2D eigenvalue weighted by molar-refractivity contribution is 7.99. The van der Waals surface area contributed by atoms with Gasteiger partial charge in [-0.3, -0.25) is 4.99 Å². The van der Waals surface area contributed by atoms with Gasteiger partial charge in [0.15, 0.2) is 5.96 Å². The summed E-state index contributed by atoms with van der Waals surface area (Å²) in [6.07, 6.45) is 0.911. The summed E-state index contributed by atoms with van der Waals surface area (Å²) in [5, 5.41) is 3.94. The zero-order valence-corrected chi connectivity index (χ0v) is 13.0. The van der Waals surface area contributed by atoms with Crippen molar-refractivity contribution in [1.29, 1.82) is 0 Å². The van der Waals surface area contributed by atoms with E-state index in [1.165, 1.54) is 0 Å². The average molecular weight is 293 g/mol. The number of rotatable bonds is 5. The number of guanidine groups is 1. The molecule has 2 rings (SSSR count). The van der Waals surface area contributed by atoms with Crippen molar-refractivity contribution in [1.82, 2.24) is 5.32 Å². The van der Waals surface area contributed by atoms with E-state index in [2.05, 4.69) is 30.2 Å². The van der Waals surface area contributed by atoms with Crippen molar-refractivity contribution in [2.75, 3.05) is 18.9 Å². The van der Waals surface area contributed by atoms with Crippen molar-refractivity contribution in [2.24, 2.45) is 10.7 Å². The number of thioether (sulfide) groups is 1. The third kappa shape index (κ3) is 4.34. The Kier molecular flexibility index (Phi) is 5.59. The van der Waals surface area contributed by atoms with Crippen LogP contribution in [0.1, 0.15) is 31.9 Å². The topological polar surface area (TPSA) is 59.6 Å². The molecule has 3 N–H and O–H groups in total. The number of fused-ring (bicyclic) bond motifs is 1. The van der Waals surface area contributed by atoms with Crippen molar-refractivity contribution in [3.05, 3.63) is 29.8 Å². The van der Waals surface area contributed by atoms with Gasteiger partial charge in [-0.1, -0.05) is 32.0 Å². The normalized spacial score (nSPS) is 18.6. The largest absolute Gasteiger partial charge is 0.493 e. The number of ether oxygens (including phenoxy) is 1. The predicted octanol–water partition coefficient (Wildman–Crippen LogP) is 2.56. The second-order valence-electron chi connectivity index (χ2n) is 5.06. The Bertz CT molecular complexity index is 462. The van der Waals surface area contributed by atoms with Crippen LogP contribution in [0.15, 0.2) is 29.3 Å². The lowest BCUT2D eigenvalue weighted by Crippen LogP contribution is -2.37. The van der Waals surface area contributed by atoms with Crippen LogP contribution in [0, 0.1) is 0 Å². The molecule has 20 heavy (non-hydrogen) atoms. The van der Waals surface area contributed by atoms with Crippen molar-refractivity contribution >= 4 is 17.7 Å². The minimum Gasteiger partial charge on any atom is -0.493 e. The fraction of sp³-hybridized carbons (Fsp3) is 0.533. The zero-order valence-electron chi connectivity index (χ0n) is 12.1. The van der Waals surface area contributed by atoms with Crippen molar-refractivity contribution in [3.63, 3.8) is 0 Å². The van der Waals surface area contributed by atoms with Gasteiger partial charge in [-0.25, -0.2) is 0 Å². The second-order valence-corrected chi connectivity index (χ2v) is 6.74. The van der Waals surface area contributed by atoms with Crippen LogP contribution in [0.4, 0.5) is 0 Å². The highest BCUT2D eigenvalue weighted by atomic mass is 32.2. The Labute approximate surface area is 125 Å². The van der Waals surface area contributed by atoms with Gasteiger partial charge in [0.25, 0.3) is 0 Å². The molecule has 1 aliphatic rings. The van der Waals surface area contributed by atoms with Crippen molar-refractivity contribution < 1.29 is 4.74 Å². The van der Waals surface area contributed by atoms with Crippen LogP contribution in [0.2, 0.25) is 0 Å². The zero-order chi connectivity index (χ0) is 14.4. The maximum Gasteiger partial charge on any atom is 0.189 e. The maximum absolute atomic E-state index is 5.97. The summed E-state index contributed by atoms with van der Waals surface area (Å²) in [6.45, 7) is 5.85. The Morgan fingerprint density at radius 2 is 2.30 bits per heavy atom. The lowest BCUT2D eigenvalue weighted by Gasteiger charge is -2.26. The lowest BCUT2D eigenvalue weighted by atomic mass is 10.0. The molecule has 0 saturated heterocycles. The van der Waals surface area contributed by atoms with Crippen LogP contribution in [0.3, 0.4) is 0 Å². The monoisotopic (exact) mass is 293 g/mol. The summed E-state index contributed by atoms with van der Waals surface area (Å²) >= 11 is 1.90. The van der Waals surface area contributed by atoms with Gasteiger partial charge in [0.1, 0.15) is 5.75 Å². The van der Waals surface area contributed by atoms with Crippen LogP contribution in [-0.4, -0.2) is 30.1 Å². The van der Waals surface area contributed by atoms with E-state index in [4.69, 9.17) is 10.5 Å². The molecule has 4 nitrogen and oxygen atoms in total. The summed E-state index contributed by atoms with van der Waals surface area (Å²) in [6, 6.07) is 8.28. The Morgan fingerprint density at radius 3 is 3.10 bits per heavy atom. The number of benzene rings is 1. The number of nitrogens with zero attached hydrogens (tertiary/aromatic N) is 1. The molecule has 0 aromatic heterocycles. The quantitative estimate of drug-likeness (QED) is 0.497. The molecule has 1 heterocycles. The second kappa shape index (κ2) is 7.43. The van der Waals surface area contributed by atoms with E-state index in [0.717, 1.165) is 30.0 Å². The molecular formula is C15H23N3OS. The lowest BCUT2D eigenvalue weighted by molar-refractivity contribution is 0.262. The molecule has 110 valence electrons. The van der Waals surface area contributed by atoms with E-state index in [1.807, 2.05) is 30.0 Å². The number of para-hydroxylation sites is 1. The minimum absolute atomic E-state index is 0.196. The first-order valence-corrected chi connectivity index (χ1v) is 8.11. The molecule has 1 aromatic rings. The third-order valence-electron chi connectivity index (χ3n) is 3.11. The van der Waals surface area contributed by atoms with E-state index in [-0.39, 0.29) is 6.04 Å². The summed E-state index contributed by atoms with van der Waals surface area (Å²) in [7, 11) is 0. The van der Waals surface area contributed by atoms with E-state index in [1.54, 1.807) is 0 Å². The van der Waals surface area contributed by atoms with E-state index < -0.39 is 0 Å². The van der Waals surface area contributed by atoms with Gasteiger partial charge in [-0.2, -0.15) is 11.8 Å². The Balaban J connectivity index is 1.89. The predicted molar refractivity (Wildman–Crippen MR) is 86.5 cm³/mol. The molecule has 5 heteroatoms. The van der Waals surface area contributed by atoms with Crippen LogP contribution in [0.25, 0.3) is 0 Å². The minimum atomic E-state index is 0.196. The number of hydrogen-bond acceptors (Lipinski definition) is 3. The maximum atomic E-state index is 5.97. The van der Waals surface area contributed by atoms with E-state index >= 15 is 0 Å². The molecule has 0 spiro atoms. The van der Waals surface area contributed by atoms with Crippen molar-refractivity contribution in [3.8, 4) is 5.75 Å².